The fourth-order valence-electron chi connectivity index (χ4n) is 2.40. The first-order valence-corrected chi connectivity index (χ1v) is 7.42. The lowest BCUT2D eigenvalue weighted by molar-refractivity contribution is 0.158. The highest BCUT2D eigenvalue weighted by atomic mass is 16.6. The van der Waals surface area contributed by atoms with E-state index >= 15 is 0 Å². The molecule has 20 heavy (non-hydrogen) atoms. The van der Waals surface area contributed by atoms with Gasteiger partial charge in [0.1, 0.15) is 13.2 Å². The molecule has 1 heterocycles. The van der Waals surface area contributed by atoms with Crippen molar-refractivity contribution in [3.63, 3.8) is 0 Å². The van der Waals surface area contributed by atoms with E-state index < -0.39 is 0 Å². The maximum absolute atomic E-state index is 9.72. The van der Waals surface area contributed by atoms with Crippen molar-refractivity contribution in [2.45, 2.75) is 39.3 Å². The van der Waals surface area contributed by atoms with Crippen molar-refractivity contribution in [2.24, 2.45) is 5.92 Å². The van der Waals surface area contributed by atoms with Crippen molar-refractivity contribution in [2.75, 3.05) is 19.8 Å². The van der Waals surface area contributed by atoms with Crippen LogP contribution in [0.15, 0.2) is 18.2 Å². The largest absolute Gasteiger partial charge is 0.486 e. The molecular weight excluding hydrogens is 254 g/mol. The summed E-state index contributed by atoms with van der Waals surface area (Å²) in [6.07, 6.45) is 0.465. The van der Waals surface area contributed by atoms with E-state index in [9.17, 15) is 5.11 Å². The van der Waals surface area contributed by atoms with E-state index in [2.05, 4.69) is 25.2 Å². The molecule has 0 spiro atoms. The third-order valence-electron chi connectivity index (χ3n) is 3.64. The van der Waals surface area contributed by atoms with Crippen molar-refractivity contribution in [1.82, 2.24) is 5.32 Å². The lowest BCUT2D eigenvalue weighted by Crippen LogP contribution is -2.32. The van der Waals surface area contributed by atoms with Crippen LogP contribution >= 0.6 is 0 Å². The van der Waals surface area contributed by atoms with Gasteiger partial charge in [0.2, 0.25) is 0 Å². The fraction of sp³-hybridized carbons (Fsp3) is 0.625. The van der Waals surface area contributed by atoms with Gasteiger partial charge in [0.25, 0.3) is 0 Å². The van der Waals surface area contributed by atoms with Gasteiger partial charge in [-0.25, -0.2) is 0 Å². The van der Waals surface area contributed by atoms with E-state index in [1.165, 1.54) is 5.56 Å². The van der Waals surface area contributed by atoms with Gasteiger partial charge in [0.05, 0.1) is 6.10 Å². The molecule has 2 rings (SSSR count). The number of hydrogen-bond donors (Lipinski definition) is 2. The summed E-state index contributed by atoms with van der Waals surface area (Å²) in [4.78, 5) is 0. The second-order valence-electron chi connectivity index (χ2n) is 5.60. The molecule has 4 heteroatoms. The number of ether oxygens (including phenoxy) is 2. The molecule has 4 nitrogen and oxygen atoms in total. The zero-order valence-electron chi connectivity index (χ0n) is 12.6. The molecule has 112 valence electrons. The maximum atomic E-state index is 9.72. The first kappa shape index (κ1) is 15.1. The van der Waals surface area contributed by atoms with Gasteiger partial charge in [-0.05, 0) is 30.0 Å². The quantitative estimate of drug-likeness (QED) is 0.840. The first-order valence-electron chi connectivity index (χ1n) is 7.42. The first-order chi connectivity index (χ1) is 9.61. The summed E-state index contributed by atoms with van der Waals surface area (Å²) in [5.41, 5.74) is 1.17. The van der Waals surface area contributed by atoms with Gasteiger partial charge in [0, 0.05) is 12.6 Å². The van der Waals surface area contributed by atoms with Crippen molar-refractivity contribution in [3.05, 3.63) is 23.8 Å². The van der Waals surface area contributed by atoms with Crippen molar-refractivity contribution in [1.29, 1.82) is 0 Å². The number of nitrogens with one attached hydrogen (secondary N) is 1. The van der Waals surface area contributed by atoms with Gasteiger partial charge < -0.3 is 19.9 Å². The zero-order chi connectivity index (χ0) is 14.5. The van der Waals surface area contributed by atoms with Crippen LogP contribution in [0.4, 0.5) is 0 Å². The molecule has 0 aliphatic carbocycles. The normalized spacial score (nSPS) is 17.1. The highest BCUT2D eigenvalue weighted by molar-refractivity contribution is 5.44. The standard InChI is InChI=1S/C16H25NO3/c1-4-13(18)10-17-16(11(2)3)12-5-6-14-15(9-12)20-8-7-19-14/h5-6,9,11,13,16-18H,4,7-8,10H2,1-3H3/t13-,16?/m1/s1. The number of rotatable bonds is 6. The van der Waals surface area contributed by atoms with E-state index in [0.29, 0.717) is 25.7 Å². The third-order valence-corrected chi connectivity index (χ3v) is 3.64. The van der Waals surface area contributed by atoms with Gasteiger partial charge in [-0.3, -0.25) is 0 Å². The maximum Gasteiger partial charge on any atom is 0.161 e. The van der Waals surface area contributed by atoms with Crippen LogP contribution in [0.2, 0.25) is 0 Å². The highest BCUT2D eigenvalue weighted by Crippen LogP contribution is 2.34. The molecule has 1 unspecified atom stereocenters. The topological polar surface area (TPSA) is 50.7 Å². The van der Waals surface area contributed by atoms with Gasteiger partial charge in [-0.2, -0.15) is 0 Å². The summed E-state index contributed by atoms with van der Waals surface area (Å²) >= 11 is 0. The predicted molar refractivity (Wildman–Crippen MR) is 79.3 cm³/mol. The average molecular weight is 279 g/mol. The Morgan fingerprint density at radius 3 is 2.55 bits per heavy atom. The number of aliphatic hydroxyl groups is 1. The zero-order valence-corrected chi connectivity index (χ0v) is 12.6. The SMILES string of the molecule is CC[C@@H](O)CNC(c1ccc2c(c1)OCCO2)C(C)C. The fourth-order valence-corrected chi connectivity index (χ4v) is 2.40. The predicted octanol–water partition coefficient (Wildman–Crippen LogP) is 2.52. The second kappa shape index (κ2) is 6.95. The van der Waals surface area contributed by atoms with Gasteiger partial charge in [-0.15, -0.1) is 0 Å². The van der Waals surface area contributed by atoms with Crippen LogP contribution < -0.4 is 14.8 Å². The third kappa shape index (κ3) is 3.64. The Kier molecular flexibility index (Phi) is 5.26. The molecule has 0 fully saturated rings. The van der Waals surface area contributed by atoms with E-state index in [0.717, 1.165) is 17.9 Å². The number of aliphatic hydroxyl groups excluding tert-OH is 1. The average Bonchev–Trinajstić information content (AvgIpc) is 2.46. The van der Waals surface area contributed by atoms with Gasteiger partial charge in [0.15, 0.2) is 11.5 Å². The molecule has 1 aromatic carbocycles. The minimum absolute atomic E-state index is 0.201. The lowest BCUT2D eigenvalue weighted by atomic mass is 9.95. The van der Waals surface area contributed by atoms with Crippen LogP contribution in [0, 0.1) is 5.92 Å². The summed E-state index contributed by atoms with van der Waals surface area (Å²) in [5, 5.41) is 13.2. The molecule has 1 aliphatic rings. The summed E-state index contributed by atoms with van der Waals surface area (Å²) < 4.78 is 11.2. The minimum Gasteiger partial charge on any atom is -0.486 e. The monoisotopic (exact) mass is 279 g/mol. The molecule has 2 atom stereocenters. The van der Waals surface area contributed by atoms with Crippen molar-refractivity contribution < 1.29 is 14.6 Å². The number of fused-ring (bicyclic) bond motifs is 1. The van der Waals surface area contributed by atoms with E-state index in [1.807, 2.05) is 19.1 Å². The van der Waals surface area contributed by atoms with Crippen LogP contribution in [-0.2, 0) is 0 Å². The number of benzene rings is 1. The smallest absolute Gasteiger partial charge is 0.161 e. The number of hydrogen-bond acceptors (Lipinski definition) is 4. The molecule has 0 aromatic heterocycles. The van der Waals surface area contributed by atoms with Crippen molar-refractivity contribution in [3.8, 4) is 11.5 Å². The molecule has 0 saturated carbocycles. The highest BCUT2D eigenvalue weighted by Gasteiger charge is 2.19. The molecule has 2 N–H and O–H groups in total. The van der Waals surface area contributed by atoms with Crippen LogP contribution in [0.1, 0.15) is 38.8 Å². The Bertz CT molecular complexity index is 434. The Hall–Kier alpha value is -1.26. The second-order valence-corrected chi connectivity index (χ2v) is 5.60. The minimum atomic E-state index is -0.298. The van der Waals surface area contributed by atoms with Crippen LogP contribution in [0.25, 0.3) is 0 Å². The Morgan fingerprint density at radius 1 is 1.20 bits per heavy atom. The van der Waals surface area contributed by atoms with E-state index in [1.54, 1.807) is 0 Å². The van der Waals surface area contributed by atoms with Crippen LogP contribution in [0.3, 0.4) is 0 Å². The van der Waals surface area contributed by atoms with Gasteiger partial charge in [-0.1, -0.05) is 26.8 Å². The Labute approximate surface area is 121 Å². The Balaban J connectivity index is 2.12. The van der Waals surface area contributed by atoms with Crippen molar-refractivity contribution >= 4 is 0 Å². The molecular formula is C16H25NO3. The lowest BCUT2D eigenvalue weighted by Gasteiger charge is -2.26. The van der Waals surface area contributed by atoms with E-state index in [-0.39, 0.29) is 12.1 Å². The molecule has 1 aromatic rings. The van der Waals surface area contributed by atoms with Crippen LogP contribution in [-0.4, -0.2) is 31.0 Å². The molecule has 0 bridgehead atoms. The summed E-state index contributed by atoms with van der Waals surface area (Å²) in [6, 6.07) is 6.29. The molecule has 1 aliphatic heterocycles. The van der Waals surface area contributed by atoms with Gasteiger partial charge >= 0.3 is 0 Å². The molecule has 0 saturated heterocycles. The summed E-state index contributed by atoms with van der Waals surface area (Å²) in [7, 11) is 0. The Morgan fingerprint density at radius 2 is 1.90 bits per heavy atom. The molecule has 0 radical (unpaired) electrons. The molecule has 0 amide bonds. The van der Waals surface area contributed by atoms with E-state index in [4.69, 9.17) is 9.47 Å². The summed E-state index contributed by atoms with van der Waals surface area (Å²) in [5.74, 6) is 2.06. The van der Waals surface area contributed by atoms with Crippen LogP contribution in [0.5, 0.6) is 11.5 Å². The summed E-state index contributed by atoms with van der Waals surface area (Å²) in [6.45, 7) is 8.15.